The second-order valence-electron chi connectivity index (χ2n) is 8.44. The van der Waals surface area contributed by atoms with Gasteiger partial charge in [-0.15, -0.1) is 0 Å². The predicted octanol–water partition coefficient (Wildman–Crippen LogP) is 5.79. The van der Waals surface area contributed by atoms with Gasteiger partial charge in [0.05, 0.1) is 11.6 Å². The number of para-hydroxylation sites is 1. The summed E-state index contributed by atoms with van der Waals surface area (Å²) in [5.74, 6) is 0.993. The van der Waals surface area contributed by atoms with Gasteiger partial charge in [0.15, 0.2) is 0 Å². The third-order valence-electron chi connectivity index (χ3n) is 6.94. The van der Waals surface area contributed by atoms with Gasteiger partial charge in [0.1, 0.15) is 17.2 Å². The number of likely N-dealkylation sites (N-methyl/N-ethyl adjacent to an activating group) is 1. The number of nitrogens with zero attached hydrogens (tertiary/aromatic N) is 2. The molecule has 2 aliphatic rings. The molecule has 0 saturated heterocycles. The Labute approximate surface area is 181 Å². The van der Waals surface area contributed by atoms with E-state index in [1.165, 1.54) is 0 Å². The van der Waals surface area contributed by atoms with Crippen molar-refractivity contribution in [3.63, 3.8) is 0 Å². The quantitative estimate of drug-likeness (QED) is 0.435. The van der Waals surface area contributed by atoms with E-state index in [-0.39, 0.29) is 5.75 Å². The van der Waals surface area contributed by atoms with Crippen LogP contribution in [0.4, 0.5) is 11.4 Å². The van der Waals surface area contributed by atoms with Crippen LogP contribution in [-0.4, -0.2) is 24.1 Å². The Kier molecular flexibility index (Phi) is 3.55. The standard InChI is InChI=1S/C27H22N2O2/c1-26(19-9-7-10-20(30)16-19)22-12-5-6-13-23(22)29(2)27(26)17-28-25-21-11-4-3-8-18(21)14-15-24(25)31-27/h3-17,30H,1-2H3. The number of aromatic hydroxyl groups is 1. The van der Waals surface area contributed by atoms with Crippen molar-refractivity contribution in [1.29, 1.82) is 0 Å². The highest BCUT2D eigenvalue weighted by molar-refractivity contribution is 6.00. The van der Waals surface area contributed by atoms with E-state index < -0.39 is 11.1 Å². The van der Waals surface area contributed by atoms with E-state index in [0.717, 1.165) is 39.0 Å². The Balaban J connectivity index is 1.62. The largest absolute Gasteiger partial charge is 0.508 e. The van der Waals surface area contributed by atoms with Crippen LogP contribution in [0.5, 0.6) is 11.5 Å². The summed E-state index contributed by atoms with van der Waals surface area (Å²) in [7, 11) is 2.05. The van der Waals surface area contributed by atoms with Gasteiger partial charge in [-0.1, -0.05) is 60.7 Å². The third kappa shape index (κ3) is 2.22. The lowest BCUT2D eigenvalue weighted by Gasteiger charge is -2.46. The summed E-state index contributed by atoms with van der Waals surface area (Å²) in [5.41, 5.74) is 2.58. The van der Waals surface area contributed by atoms with Crippen molar-refractivity contribution in [2.24, 2.45) is 4.99 Å². The van der Waals surface area contributed by atoms with E-state index in [1.54, 1.807) is 6.07 Å². The molecule has 152 valence electrons. The van der Waals surface area contributed by atoms with Crippen LogP contribution in [0.3, 0.4) is 0 Å². The minimum Gasteiger partial charge on any atom is -0.508 e. The van der Waals surface area contributed by atoms with Crippen LogP contribution in [0.15, 0.2) is 89.9 Å². The molecule has 2 heterocycles. The second-order valence-corrected chi connectivity index (χ2v) is 8.44. The lowest BCUT2D eigenvalue weighted by molar-refractivity contribution is 0.0930. The van der Waals surface area contributed by atoms with E-state index in [0.29, 0.717) is 0 Å². The molecule has 0 aliphatic carbocycles. The molecule has 0 radical (unpaired) electrons. The number of phenolic OH excluding ortho intramolecular Hbond substituents is 1. The van der Waals surface area contributed by atoms with Gasteiger partial charge >= 0.3 is 0 Å². The Morgan fingerprint density at radius 2 is 1.71 bits per heavy atom. The molecule has 0 fully saturated rings. The maximum Gasteiger partial charge on any atom is 0.233 e. The lowest BCUT2D eigenvalue weighted by Crippen LogP contribution is -2.62. The van der Waals surface area contributed by atoms with Gasteiger partial charge in [-0.2, -0.15) is 0 Å². The number of rotatable bonds is 1. The monoisotopic (exact) mass is 406 g/mol. The summed E-state index contributed by atoms with van der Waals surface area (Å²) in [6.07, 6.45) is 1.94. The predicted molar refractivity (Wildman–Crippen MR) is 125 cm³/mol. The molecule has 4 heteroatoms. The van der Waals surface area contributed by atoms with Crippen molar-refractivity contribution >= 4 is 28.4 Å². The van der Waals surface area contributed by atoms with Crippen LogP contribution < -0.4 is 9.64 Å². The topological polar surface area (TPSA) is 45.1 Å². The van der Waals surface area contributed by atoms with Gasteiger partial charge in [-0.05, 0) is 47.7 Å². The second kappa shape index (κ2) is 6.11. The zero-order chi connectivity index (χ0) is 21.2. The number of benzene rings is 4. The average Bonchev–Trinajstić information content (AvgIpc) is 2.99. The minimum atomic E-state index is -0.875. The molecule has 0 saturated carbocycles. The van der Waals surface area contributed by atoms with E-state index in [1.807, 2.05) is 61.8 Å². The SMILES string of the molecule is CN1c2ccccc2C(C)(c2cccc(O)c2)C12C=Nc1c(ccc3ccccc13)O2. The highest BCUT2D eigenvalue weighted by Gasteiger charge is 2.62. The van der Waals surface area contributed by atoms with Crippen molar-refractivity contribution in [3.05, 3.63) is 96.1 Å². The number of fused-ring (bicyclic) bond motifs is 4. The van der Waals surface area contributed by atoms with Gasteiger partial charge in [-0.25, -0.2) is 0 Å². The summed E-state index contributed by atoms with van der Waals surface area (Å²) >= 11 is 0. The van der Waals surface area contributed by atoms with Gasteiger partial charge in [0, 0.05) is 18.1 Å². The Bertz CT molecular complexity index is 1380. The molecule has 0 amide bonds. The van der Waals surface area contributed by atoms with E-state index in [9.17, 15) is 5.11 Å². The van der Waals surface area contributed by atoms with E-state index in [2.05, 4.69) is 42.2 Å². The smallest absolute Gasteiger partial charge is 0.233 e. The Morgan fingerprint density at radius 1 is 0.903 bits per heavy atom. The molecule has 6 rings (SSSR count). The summed E-state index contributed by atoms with van der Waals surface area (Å²) in [6, 6.07) is 28.1. The zero-order valence-electron chi connectivity index (χ0n) is 17.4. The number of ether oxygens (including phenoxy) is 1. The molecule has 2 aliphatic heterocycles. The molecule has 0 aromatic heterocycles. The van der Waals surface area contributed by atoms with Crippen molar-refractivity contribution in [2.45, 2.75) is 18.1 Å². The lowest BCUT2D eigenvalue weighted by atomic mass is 9.70. The number of hydrogen-bond acceptors (Lipinski definition) is 4. The fourth-order valence-electron chi connectivity index (χ4n) is 5.26. The van der Waals surface area contributed by atoms with Crippen molar-refractivity contribution in [1.82, 2.24) is 0 Å². The molecule has 4 aromatic rings. The van der Waals surface area contributed by atoms with Gasteiger partial charge in [-0.3, -0.25) is 4.99 Å². The Hall–Kier alpha value is -3.79. The highest BCUT2D eigenvalue weighted by atomic mass is 16.5. The fraction of sp³-hybridized carbons (Fsp3) is 0.148. The first-order chi connectivity index (χ1) is 15.0. The first-order valence-corrected chi connectivity index (χ1v) is 10.4. The molecule has 2 atom stereocenters. The van der Waals surface area contributed by atoms with Crippen LogP contribution >= 0.6 is 0 Å². The maximum atomic E-state index is 10.3. The normalized spacial score (nSPS) is 23.6. The Morgan fingerprint density at radius 3 is 2.58 bits per heavy atom. The van der Waals surface area contributed by atoms with E-state index in [4.69, 9.17) is 9.73 Å². The number of aliphatic imine (C=N–C) groups is 1. The summed E-state index contributed by atoms with van der Waals surface area (Å²) in [6.45, 7) is 2.17. The molecule has 1 spiro atoms. The van der Waals surface area contributed by atoms with Crippen molar-refractivity contribution < 1.29 is 9.84 Å². The van der Waals surface area contributed by atoms with Crippen LogP contribution in [0.2, 0.25) is 0 Å². The third-order valence-corrected chi connectivity index (χ3v) is 6.94. The molecule has 4 aromatic carbocycles. The van der Waals surface area contributed by atoms with Crippen LogP contribution in [0.1, 0.15) is 18.1 Å². The molecular formula is C27H22N2O2. The molecule has 2 unspecified atom stereocenters. The number of hydrogen-bond donors (Lipinski definition) is 1. The minimum absolute atomic E-state index is 0.236. The van der Waals surface area contributed by atoms with E-state index >= 15 is 0 Å². The van der Waals surface area contributed by atoms with Gasteiger partial charge < -0.3 is 14.7 Å². The first kappa shape index (κ1) is 18.0. The van der Waals surface area contributed by atoms with Crippen LogP contribution in [0.25, 0.3) is 10.8 Å². The summed E-state index contributed by atoms with van der Waals surface area (Å²) in [4.78, 5) is 7.14. The first-order valence-electron chi connectivity index (χ1n) is 10.4. The van der Waals surface area contributed by atoms with Crippen LogP contribution in [-0.2, 0) is 5.41 Å². The molecule has 0 bridgehead atoms. The van der Waals surface area contributed by atoms with Gasteiger partial charge in [0.2, 0.25) is 5.72 Å². The average molecular weight is 406 g/mol. The number of phenols is 1. The highest BCUT2D eigenvalue weighted by Crippen LogP contribution is 2.57. The maximum absolute atomic E-state index is 10.3. The van der Waals surface area contributed by atoms with Crippen molar-refractivity contribution in [3.8, 4) is 11.5 Å². The molecule has 4 nitrogen and oxygen atoms in total. The zero-order valence-corrected chi connectivity index (χ0v) is 17.4. The van der Waals surface area contributed by atoms with Crippen molar-refractivity contribution in [2.75, 3.05) is 11.9 Å². The summed E-state index contributed by atoms with van der Waals surface area (Å²) < 4.78 is 6.89. The molecule has 31 heavy (non-hydrogen) atoms. The van der Waals surface area contributed by atoms with Gasteiger partial charge in [0.25, 0.3) is 0 Å². The number of anilines is 1. The summed E-state index contributed by atoms with van der Waals surface area (Å²) in [5, 5.41) is 12.5. The fourth-order valence-corrected chi connectivity index (χ4v) is 5.26. The van der Waals surface area contributed by atoms with Crippen LogP contribution in [0, 0.1) is 0 Å². The molecule has 1 N–H and O–H groups in total. The molecular weight excluding hydrogens is 384 g/mol.